The van der Waals surface area contributed by atoms with Gasteiger partial charge in [0.15, 0.2) is 0 Å². The number of hydrogen-bond acceptors (Lipinski definition) is 0. The summed E-state index contributed by atoms with van der Waals surface area (Å²) in [4.78, 5) is 0. The van der Waals surface area contributed by atoms with E-state index in [1.165, 1.54) is 88.0 Å². The second-order valence-electron chi connectivity index (χ2n) is 12.9. The van der Waals surface area contributed by atoms with Crippen molar-refractivity contribution in [1.82, 2.24) is 0 Å². The van der Waals surface area contributed by atoms with Gasteiger partial charge in [-0.3, -0.25) is 0 Å². The molecule has 0 radical (unpaired) electrons. The molecular weight excluding hydrogens is 540 g/mol. The Morgan fingerprint density at radius 2 is 0.822 bits per heavy atom. The lowest BCUT2D eigenvalue weighted by Crippen LogP contribution is -2.14. The second-order valence-corrected chi connectivity index (χ2v) is 12.9. The molecule has 0 nitrogen and oxygen atoms in total. The van der Waals surface area contributed by atoms with Crippen LogP contribution in [0.4, 0.5) is 0 Å². The van der Waals surface area contributed by atoms with Crippen molar-refractivity contribution < 1.29 is 0 Å². The molecule has 0 aromatic heterocycles. The Morgan fingerprint density at radius 1 is 0.311 bits per heavy atom. The third-order valence-corrected chi connectivity index (χ3v) is 10.1. The average molecular weight is 573 g/mol. The molecule has 0 N–H and O–H groups in total. The van der Waals surface area contributed by atoms with Gasteiger partial charge in [-0.25, -0.2) is 0 Å². The second kappa shape index (κ2) is 9.78. The summed E-state index contributed by atoms with van der Waals surface area (Å²) in [5, 5.41) is 7.71. The van der Waals surface area contributed by atoms with E-state index in [0.29, 0.717) is 0 Å². The highest BCUT2D eigenvalue weighted by Crippen LogP contribution is 2.50. The number of fused-ring (bicyclic) bond motifs is 7. The average Bonchev–Trinajstić information content (AvgIpc) is 3.33. The van der Waals surface area contributed by atoms with Crippen LogP contribution >= 0.6 is 0 Å². The van der Waals surface area contributed by atoms with Crippen molar-refractivity contribution in [2.45, 2.75) is 19.3 Å². The van der Waals surface area contributed by atoms with Gasteiger partial charge in [0.2, 0.25) is 0 Å². The topological polar surface area (TPSA) is 0 Å². The van der Waals surface area contributed by atoms with Crippen LogP contribution in [0.5, 0.6) is 0 Å². The van der Waals surface area contributed by atoms with E-state index < -0.39 is 0 Å². The molecule has 0 fully saturated rings. The molecule has 1 aliphatic rings. The van der Waals surface area contributed by atoms with E-state index in [2.05, 4.69) is 172 Å². The van der Waals surface area contributed by atoms with Crippen molar-refractivity contribution in [1.29, 1.82) is 0 Å². The van der Waals surface area contributed by atoms with E-state index in [1.807, 2.05) is 0 Å². The lowest BCUT2D eigenvalue weighted by Gasteiger charge is -2.22. The fraction of sp³-hybridized carbons (Fsp3) is 0.0667. The summed E-state index contributed by atoms with van der Waals surface area (Å²) in [7, 11) is 0. The molecule has 0 saturated heterocycles. The Morgan fingerprint density at radius 3 is 1.60 bits per heavy atom. The van der Waals surface area contributed by atoms with Crippen molar-refractivity contribution >= 4 is 32.3 Å². The van der Waals surface area contributed by atoms with Gasteiger partial charge in [0, 0.05) is 5.41 Å². The van der Waals surface area contributed by atoms with E-state index in [1.54, 1.807) is 0 Å². The highest BCUT2D eigenvalue weighted by Gasteiger charge is 2.35. The molecule has 0 bridgehead atoms. The van der Waals surface area contributed by atoms with Gasteiger partial charge in [-0.1, -0.05) is 153 Å². The zero-order chi connectivity index (χ0) is 30.1. The van der Waals surface area contributed by atoms with Crippen LogP contribution in [0.3, 0.4) is 0 Å². The van der Waals surface area contributed by atoms with Gasteiger partial charge in [-0.05, 0) is 106 Å². The van der Waals surface area contributed by atoms with Crippen LogP contribution < -0.4 is 0 Å². The van der Waals surface area contributed by atoms with E-state index in [4.69, 9.17) is 0 Å². The van der Waals surface area contributed by atoms with Crippen LogP contribution in [0.2, 0.25) is 0 Å². The molecule has 212 valence electrons. The minimum absolute atomic E-state index is 0.0228. The molecule has 8 aromatic rings. The molecule has 1 aliphatic carbocycles. The zero-order valence-corrected chi connectivity index (χ0v) is 25.5. The Bertz CT molecular complexity index is 2460. The van der Waals surface area contributed by atoms with E-state index in [-0.39, 0.29) is 5.41 Å². The molecule has 9 rings (SSSR count). The molecule has 0 heteroatoms. The van der Waals surface area contributed by atoms with Gasteiger partial charge >= 0.3 is 0 Å². The summed E-state index contributed by atoms with van der Waals surface area (Å²) in [6.45, 7) is 4.71. The Kier molecular flexibility index (Phi) is 5.64. The first kappa shape index (κ1) is 26.0. The summed E-state index contributed by atoms with van der Waals surface area (Å²) in [6.07, 6.45) is 0. The number of rotatable bonds is 3. The van der Waals surface area contributed by atoms with E-state index >= 15 is 0 Å². The summed E-state index contributed by atoms with van der Waals surface area (Å²) in [6, 6.07) is 58.4. The highest BCUT2D eigenvalue weighted by molar-refractivity contribution is 6.14. The number of hydrogen-bond donors (Lipinski definition) is 0. The van der Waals surface area contributed by atoms with Crippen molar-refractivity contribution in [3.8, 4) is 44.5 Å². The molecule has 0 saturated carbocycles. The quantitative estimate of drug-likeness (QED) is 0.185. The maximum Gasteiger partial charge on any atom is 0.0159 e. The summed E-state index contributed by atoms with van der Waals surface area (Å²) in [5.41, 5.74) is 13.1. The van der Waals surface area contributed by atoms with Gasteiger partial charge in [-0.15, -0.1) is 0 Å². The van der Waals surface area contributed by atoms with Crippen molar-refractivity contribution in [2.75, 3.05) is 0 Å². The zero-order valence-electron chi connectivity index (χ0n) is 25.5. The first-order valence-electron chi connectivity index (χ1n) is 15.9. The fourth-order valence-corrected chi connectivity index (χ4v) is 7.83. The van der Waals surface area contributed by atoms with Crippen molar-refractivity contribution in [2.24, 2.45) is 0 Å². The SMILES string of the molecule is CC1(C)c2ccccc2-c2ccc(-c3cccc4c(-c5cccc(-c6cc7ccccc7c7ccccc67)c5)cccc34)cc21. The van der Waals surface area contributed by atoms with Crippen molar-refractivity contribution in [3.05, 3.63) is 169 Å². The van der Waals surface area contributed by atoms with Crippen LogP contribution in [-0.2, 0) is 5.41 Å². The Labute approximate surface area is 264 Å². The molecule has 8 aromatic carbocycles. The lowest BCUT2D eigenvalue weighted by molar-refractivity contribution is 0.660. The molecule has 0 amide bonds. The third-order valence-electron chi connectivity index (χ3n) is 10.1. The first-order chi connectivity index (χ1) is 22.1. The predicted octanol–water partition coefficient (Wildman–Crippen LogP) is 12.5. The number of benzene rings is 8. The fourth-order valence-electron chi connectivity index (χ4n) is 7.83. The van der Waals surface area contributed by atoms with Gasteiger partial charge in [0.05, 0.1) is 0 Å². The first-order valence-corrected chi connectivity index (χ1v) is 15.9. The molecule has 0 atom stereocenters. The van der Waals surface area contributed by atoms with Crippen molar-refractivity contribution in [3.63, 3.8) is 0 Å². The maximum atomic E-state index is 2.43. The minimum atomic E-state index is -0.0228. The predicted molar refractivity (Wildman–Crippen MR) is 193 cm³/mol. The van der Waals surface area contributed by atoms with Gasteiger partial charge in [0.1, 0.15) is 0 Å². The standard InChI is InChI=1S/C45H32/c1-45(2)43-23-8-7-18-40(43)41-25-24-32(28-44(41)45)35-20-11-21-37-34(19-10-22-38(35)37)29-13-9-14-30(26-29)42-27-31-12-3-4-15-33(31)36-16-5-6-17-39(36)42/h3-28H,1-2H3. The summed E-state index contributed by atoms with van der Waals surface area (Å²) >= 11 is 0. The van der Waals surface area contributed by atoms with Gasteiger partial charge < -0.3 is 0 Å². The highest BCUT2D eigenvalue weighted by atomic mass is 14.4. The van der Waals surface area contributed by atoms with E-state index in [9.17, 15) is 0 Å². The molecule has 0 unspecified atom stereocenters. The van der Waals surface area contributed by atoms with Crippen LogP contribution in [0.15, 0.2) is 158 Å². The molecule has 0 heterocycles. The van der Waals surface area contributed by atoms with Crippen LogP contribution in [0.1, 0.15) is 25.0 Å². The monoisotopic (exact) mass is 572 g/mol. The van der Waals surface area contributed by atoms with Crippen LogP contribution in [0.25, 0.3) is 76.8 Å². The summed E-state index contributed by atoms with van der Waals surface area (Å²) in [5.74, 6) is 0. The molecule has 45 heavy (non-hydrogen) atoms. The van der Waals surface area contributed by atoms with Crippen LogP contribution in [0, 0.1) is 0 Å². The Hall–Kier alpha value is -5.46. The van der Waals surface area contributed by atoms with Crippen LogP contribution in [-0.4, -0.2) is 0 Å². The maximum absolute atomic E-state index is 2.43. The largest absolute Gasteiger partial charge is 0.0619 e. The normalized spacial score (nSPS) is 13.3. The minimum Gasteiger partial charge on any atom is -0.0619 e. The smallest absolute Gasteiger partial charge is 0.0159 e. The van der Waals surface area contributed by atoms with Gasteiger partial charge in [-0.2, -0.15) is 0 Å². The Balaban J connectivity index is 1.19. The molecule has 0 aliphatic heterocycles. The third kappa shape index (κ3) is 3.92. The lowest BCUT2D eigenvalue weighted by atomic mass is 9.81. The summed E-state index contributed by atoms with van der Waals surface area (Å²) < 4.78 is 0. The molecule has 0 spiro atoms. The van der Waals surface area contributed by atoms with Gasteiger partial charge in [0.25, 0.3) is 0 Å². The molecular formula is C45H32. The van der Waals surface area contributed by atoms with E-state index in [0.717, 1.165) is 0 Å².